The lowest BCUT2D eigenvalue weighted by atomic mass is 9.70. The SMILES string of the molecule is CCCC1(CCC)CN(C(C(=O)O)C2CCCCC2)C1. The van der Waals surface area contributed by atoms with Crippen molar-refractivity contribution in [2.75, 3.05) is 13.1 Å². The van der Waals surface area contributed by atoms with Crippen LogP contribution in [0.5, 0.6) is 0 Å². The normalized spacial score (nSPS) is 25.1. The molecular weight excluding hydrogens is 250 g/mol. The number of carboxylic acids is 1. The number of carbonyl (C=O) groups is 1. The molecule has 1 atom stereocenters. The Labute approximate surface area is 123 Å². The van der Waals surface area contributed by atoms with Crippen molar-refractivity contribution in [2.45, 2.75) is 77.7 Å². The van der Waals surface area contributed by atoms with Crippen LogP contribution in [-0.4, -0.2) is 35.1 Å². The molecule has 1 N–H and O–H groups in total. The van der Waals surface area contributed by atoms with E-state index in [2.05, 4.69) is 18.7 Å². The van der Waals surface area contributed by atoms with Crippen molar-refractivity contribution in [1.82, 2.24) is 4.90 Å². The molecule has 0 aromatic rings. The van der Waals surface area contributed by atoms with Crippen molar-refractivity contribution >= 4 is 5.97 Å². The molecule has 0 aromatic carbocycles. The van der Waals surface area contributed by atoms with Gasteiger partial charge in [0.2, 0.25) is 0 Å². The van der Waals surface area contributed by atoms with E-state index in [-0.39, 0.29) is 6.04 Å². The number of carboxylic acid groups (broad SMARTS) is 1. The zero-order valence-electron chi connectivity index (χ0n) is 13.2. The predicted octanol–water partition coefficient (Wildman–Crippen LogP) is 3.92. The van der Waals surface area contributed by atoms with Crippen molar-refractivity contribution < 1.29 is 9.90 Å². The van der Waals surface area contributed by atoms with Crippen LogP contribution >= 0.6 is 0 Å². The largest absolute Gasteiger partial charge is 0.480 e. The summed E-state index contributed by atoms with van der Waals surface area (Å²) in [6.45, 7) is 6.52. The van der Waals surface area contributed by atoms with Gasteiger partial charge in [-0.1, -0.05) is 46.0 Å². The second kappa shape index (κ2) is 6.93. The molecule has 1 saturated heterocycles. The molecule has 2 fully saturated rings. The summed E-state index contributed by atoms with van der Waals surface area (Å²) in [5.74, 6) is -0.194. The van der Waals surface area contributed by atoms with Crippen molar-refractivity contribution in [1.29, 1.82) is 0 Å². The van der Waals surface area contributed by atoms with Gasteiger partial charge < -0.3 is 5.11 Å². The smallest absolute Gasteiger partial charge is 0.321 e. The molecule has 0 spiro atoms. The van der Waals surface area contributed by atoms with Gasteiger partial charge in [-0.2, -0.15) is 0 Å². The summed E-state index contributed by atoms with van der Waals surface area (Å²) in [7, 11) is 0. The first-order valence-electron chi connectivity index (χ1n) is 8.59. The quantitative estimate of drug-likeness (QED) is 0.769. The summed E-state index contributed by atoms with van der Waals surface area (Å²) >= 11 is 0. The minimum Gasteiger partial charge on any atom is -0.480 e. The van der Waals surface area contributed by atoms with Gasteiger partial charge in [0, 0.05) is 13.1 Å². The number of hydrogen-bond acceptors (Lipinski definition) is 2. The monoisotopic (exact) mass is 281 g/mol. The van der Waals surface area contributed by atoms with Crippen LogP contribution in [0, 0.1) is 11.3 Å². The van der Waals surface area contributed by atoms with E-state index in [1.807, 2.05) is 0 Å². The highest BCUT2D eigenvalue weighted by Gasteiger charge is 2.47. The number of nitrogens with zero attached hydrogens (tertiary/aromatic N) is 1. The van der Waals surface area contributed by atoms with E-state index in [0.29, 0.717) is 11.3 Å². The van der Waals surface area contributed by atoms with Crippen LogP contribution in [0.2, 0.25) is 0 Å². The Morgan fingerprint density at radius 2 is 1.70 bits per heavy atom. The van der Waals surface area contributed by atoms with E-state index < -0.39 is 5.97 Å². The zero-order valence-corrected chi connectivity index (χ0v) is 13.2. The van der Waals surface area contributed by atoms with Crippen LogP contribution in [0.3, 0.4) is 0 Å². The summed E-state index contributed by atoms with van der Waals surface area (Å²) in [4.78, 5) is 14.0. The lowest BCUT2D eigenvalue weighted by Gasteiger charge is -2.54. The fourth-order valence-electron chi connectivity index (χ4n) is 4.62. The maximum atomic E-state index is 11.7. The minimum absolute atomic E-state index is 0.211. The average Bonchev–Trinajstić information content (AvgIpc) is 2.38. The minimum atomic E-state index is -0.585. The molecule has 0 amide bonds. The van der Waals surface area contributed by atoms with Gasteiger partial charge >= 0.3 is 5.97 Å². The molecule has 2 rings (SSSR count). The molecule has 116 valence electrons. The van der Waals surface area contributed by atoms with Crippen molar-refractivity contribution in [3.63, 3.8) is 0 Å². The number of hydrogen-bond donors (Lipinski definition) is 1. The van der Waals surface area contributed by atoms with E-state index in [1.54, 1.807) is 0 Å². The maximum Gasteiger partial charge on any atom is 0.321 e. The number of rotatable bonds is 7. The Hall–Kier alpha value is -0.570. The van der Waals surface area contributed by atoms with Gasteiger partial charge in [0.15, 0.2) is 0 Å². The molecule has 1 aliphatic heterocycles. The van der Waals surface area contributed by atoms with E-state index in [0.717, 1.165) is 25.9 Å². The second-order valence-corrected chi connectivity index (χ2v) is 7.09. The number of likely N-dealkylation sites (tertiary alicyclic amines) is 1. The molecular formula is C17H31NO2. The summed E-state index contributed by atoms with van der Waals surface area (Å²) < 4.78 is 0. The van der Waals surface area contributed by atoms with Gasteiger partial charge in [-0.15, -0.1) is 0 Å². The van der Waals surface area contributed by atoms with Crippen LogP contribution in [0.1, 0.15) is 71.6 Å². The first-order valence-corrected chi connectivity index (χ1v) is 8.59. The molecule has 0 radical (unpaired) electrons. The Morgan fingerprint density at radius 3 is 2.15 bits per heavy atom. The first kappa shape index (κ1) is 15.8. The highest BCUT2D eigenvalue weighted by molar-refractivity contribution is 5.74. The topological polar surface area (TPSA) is 40.5 Å². The lowest BCUT2D eigenvalue weighted by Crippen LogP contribution is -2.63. The van der Waals surface area contributed by atoms with E-state index >= 15 is 0 Å². The Kier molecular flexibility index (Phi) is 5.48. The van der Waals surface area contributed by atoms with E-state index in [4.69, 9.17) is 0 Å². The van der Waals surface area contributed by atoms with Crippen molar-refractivity contribution in [2.24, 2.45) is 11.3 Å². The molecule has 1 aliphatic carbocycles. The van der Waals surface area contributed by atoms with Crippen LogP contribution in [0.25, 0.3) is 0 Å². The molecule has 1 unspecified atom stereocenters. The van der Waals surface area contributed by atoms with Crippen LogP contribution in [-0.2, 0) is 4.79 Å². The second-order valence-electron chi connectivity index (χ2n) is 7.09. The summed E-state index contributed by atoms with van der Waals surface area (Å²) in [6, 6.07) is -0.211. The molecule has 20 heavy (non-hydrogen) atoms. The van der Waals surface area contributed by atoms with Gasteiger partial charge in [0.1, 0.15) is 6.04 Å². The first-order chi connectivity index (χ1) is 9.62. The Bertz CT molecular complexity index is 309. The molecule has 3 heteroatoms. The molecule has 0 bridgehead atoms. The molecule has 3 nitrogen and oxygen atoms in total. The van der Waals surface area contributed by atoms with Gasteiger partial charge in [-0.05, 0) is 37.0 Å². The highest BCUT2D eigenvalue weighted by Crippen LogP contribution is 2.43. The summed E-state index contributed by atoms with van der Waals surface area (Å²) in [5.41, 5.74) is 0.422. The summed E-state index contributed by atoms with van der Waals surface area (Å²) in [5, 5.41) is 9.65. The van der Waals surface area contributed by atoms with Gasteiger partial charge in [0.05, 0.1) is 0 Å². The molecule has 1 heterocycles. The van der Waals surface area contributed by atoms with Crippen LogP contribution in [0.4, 0.5) is 0 Å². The van der Waals surface area contributed by atoms with Gasteiger partial charge in [-0.25, -0.2) is 0 Å². The Balaban J connectivity index is 1.97. The summed E-state index contributed by atoms with van der Waals surface area (Å²) in [6.07, 6.45) is 10.9. The standard InChI is InChI=1S/C17H31NO2/c1-3-10-17(11-4-2)12-18(13-17)15(16(19)20)14-8-6-5-7-9-14/h14-15H,3-13H2,1-2H3,(H,19,20). The third-order valence-electron chi connectivity index (χ3n) is 5.38. The van der Waals surface area contributed by atoms with E-state index in [9.17, 15) is 9.90 Å². The fourth-order valence-corrected chi connectivity index (χ4v) is 4.62. The lowest BCUT2D eigenvalue weighted by molar-refractivity contribution is -0.155. The van der Waals surface area contributed by atoms with Gasteiger partial charge in [-0.3, -0.25) is 9.69 Å². The third-order valence-corrected chi connectivity index (χ3v) is 5.38. The van der Waals surface area contributed by atoms with Crippen LogP contribution < -0.4 is 0 Å². The third kappa shape index (κ3) is 3.36. The van der Waals surface area contributed by atoms with Crippen LogP contribution in [0.15, 0.2) is 0 Å². The van der Waals surface area contributed by atoms with E-state index in [1.165, 1.54) is 44.9 Å². The molecule has 0 aromatic heterocycles. The maximum absolute atomic E-state index is 11.7. The highest BCUT2D eigenvalue weighted by atomic mass is 16.4. The number of aliphatic carboxylic acids is 1. The fraction of sp³-hybridized carbons (Fsp3) is 0.941. The van der Waals surface area contributed by atoms with Crippen molar-refractivity contribution in [3.8, 4) is 0 Å². The molecule has 1 saturated carbocycles. The Morgan fingerprint density at radius 1 is 1.15 bits per heavy atom. The zero-order chi connectivity index (χ0) is 14.6. The van der Waals surface area contributed by atoms with Crippen molar-refractivity contribution in [3.05, 3.63) is 0 Å². The molecule has 2 aliphatic rings. The average molecular weight is 281 g/mol. The predicted molar refractivity (Wildman–Crippen MR) is 81.8 cm³/mol. The van der Waals surface area contributed by atoms with Gasteiger partial charge in [0.25, 0.3) is 0 Å².